The Morgan fingerprint density at radius 3 is 2.42 bits per heavy atom. The number of nitrogens with one attached hydrogen (secondary N) is 1. The van der Waals surface area contributed by atoms with Gasteiger partial charge >= 0.3 is 0 Å². The Kier molecular flexibility index (Phi) is 6.67. The van der Waals surface area contributed by atoms with Crippen molar-refractivity contribution < 1.29 is 14.2 Å². The SMILES string of the molecule is CCNC(C)c1c(OC)cccc1OC(C)COC. The van der Waals surface area contributed by atoms with Crippen molar-refractivity contribution in [3.63, 3.8) is 0 Å². The van der Waals surface area contributed by atoms with Crippen molar-refractivity contribution in [3.8, 4) is 11.5 Å². The molecule has 0 bridgehead atoms. The van der Waals surface area contributed by atoms with Gasteiger partial charge in [-0.15, -0.1) is 0 Å². The highest BCUT2D eigenvalue weighted by Gasteiger charge is 2.18. The zero-order valence-corrected chi connectivity index (χ0v) is 12.5. The second-order valence-corrected chi connectivity index (χ2v) is 4.54. The van der Waals surface area contributed by atoms with E-state index in [4.69, 9.17) is 14.2 Å². The lowest BCUT2D eigenvalue weighted by Crippen LogP contribution is -2.22. The molecule has 0 heterocycles. The minimum Gasteiger partial charge on any atom is -0.496 e. The predicted octanol–water partition coefficient (Wildman–Crippen LogP) is 2.78. The fraction of sp³-hybridized carbons (Fsp3) is 0.600. The third-order valence-corrected chi connectivity index (χ3v) is 2.92. The summed E-state index contributed by atoms with van der Waals surface area (Å²) >= 11 is 0. The molecule has 0 aliphatic heterocycles. The molecule has 4 heteroatoms. The summed E-state index contributed by atoms with van der Waals surface area (Å²) in [6.07, 6.45) is 0.00434. The molecule has 1 N–H and O–H groups in total. The van der Waals surface area contributed by atoms with E-state index >= 15 is 0 Å². The van der Waals surface area contributed by atoms with Crippen LogP contribution in [0.1, 0.15) is 32.4 Å². The molecule has 0 amide bonds. The first-order chi connectivity index (χ1) is 9.13. The molecular weight excluding hydrogens is 242 g/mol. The molecule has 0 spiro atoms. The Labute approximate surface area is 116 Å². The van der Waals surface area contributed by atoms with E-state index in [1.165, 1.54) is 0 Å². The van der Waals surface area contributed by atoms with Crippen molar-refractivity contribution in [2.75, 3.05) is 27.4 Å². The van der Waals surface area contributed by atoms with Crippen molar-refractivity contribution in [3.05, 3.63) is 23.8 Å². The normalized spacial score (nSPS) is 13.9. The van der Waals surface area contributed by atoms with Crippen LogP contribution >= 0.6 is 0 Å². The number of methoxy groups -OCH3 is 2. The molecule has 2 unspecified atom stereocenters. The van der Waals surface area contributed by atoms with Crippen LogP contribution in [0.3, 0.4) is 0 Å². The van der Waals surface area contributed by atoms with Crippen molar-refractivity contribution >= 4 is 0 Å². The molecule has 1 rings (SSSR count). The molecule has 0 saturated heterocycles. The second kappa shape index (κ2) is 8.02. The molecular formula is C15H25NO3. The van der Waals surface area contributed by atoms with Crippen LogP contribution in [0, 0.1) is 0 Å². The van der Waals surface area contributed by atoms with E-state index in [1.807, 2.05) is 25.1 Å². The van der Waals surface area contributed by atoms with Crippen LogP contribution in [0.25, 0.3) is 0 Å². The van der Waals surface area contributed by atoms with Gasteiger partial charge in [0.05, 0.1) is 19.3 Å². The van der Waals surface area contributed by atoms with Crippen LogP contribution in [0.4, 0.5) is 0 Å². The Hall–Kier alpha value is -1.26. The van der Waals surface area contributed by atoms with Gasteiger partial charge in [-0.05, 0) is 32.5 Å². The lowest BCUT2D eigenvalue weighted by atomic mass is 10.1. The first-order valence-corrected chi connectivity index (χ1v) is 6.69. The number of benzene rings is 1. The molecule has 0 saturated carbocycles. The van der Waals surface area contributed by atoms with Crippen molar-refractivity contribution in [2.45, 2.75) is 32.9 Å². The Morgan fingerprint density at radius 1 is 1.16 bits per heavy atom. The van der Waals surface area contributed by atoms with Crippen molar-refractivity contribution in [2.24, 2.45) is 0 Å². The van der Waals surface area contributed by atoms with E-state index < -0.39 is 0 Å². The smallest absolute Gasteiger partial charge is 0.128 e. The zero-order chi connectivity index (χ0) is 14.3. The maximum Gasteiger partial charge on any atom is 0.128 e. The molecule has 0 aromatic heterocycles. The topological polar surface area (TPSA) is 39.7 Å². The number of hydrogen-bond acceptors (Lipinski definition) is 4. The summed E-state index contributed by atoms with van der Waals surface area (Å²) in [5.41, 5.74) is 1.05. The molecule has 4 nitrogen and oxygen atoms in total. The van der Waals surface area contributed by atoms with Crippen LogP contribution in [-0.4, -0.2) is 33.5 Å². The first-order valence-electron chi connectivity index (χ1n) is 6.69. The van der Waals surface area contributed by atoms with E-state index in [0.29, 0.717) is 6.61 Å². The lowest BCUT2D eigenvalue weighted by molar-refractivity contribution is 0.0908. The van der Waals surface area contributed by atoms with E-state index in [0.717, 1.165) is 23.6 Å². The summed E-state index contributed by atoms with van der Waals surface area (Å²) in [6, 6.07) is 6.04. The number of ether oxygens (including phenoxy) is 3. The highest BCUT2D eigenvalue weighted by atomic mass is 16.5. The summed E-state index contributed by atoms with van der Waals surface area (Å²) in [7, 11) is 3.35. The van der Waals surface area contributed by atoms with E-state index in [1.54, 1.807) is 14.2 Å². The minimum atomic E-state index is 0.00434. The average Bonchev–Trinajstić information content (AvgIpc) is 2.38. The second-order valence-electron chi connectivity index (χ2n) is 4.54. The molecule has 108 valence electrons. The summed E-state index contributed by atoms with van der Waals surface area (Å²) in [5, 5.41) is 3.39. The maximum absolute atomic E-state index is 5.95. The number of hydrogen-bond donors (Lipinski definition) is 1. The van der Waals surface area contributed by atoms with E-state index in [-0.39, 0.29) is 12.1 Å². The van der Waals surface area contributed by atoms with Gasteiger partial charge in [-0.3, -0.25) is 0 Å². The molecule has 19 heavy (non-hydrogen) atoms. The van der Waals surface area contributed by atoms with Gasteiger partial charge in [0.1, 0.15) is 17.6 Å². The Balaban J connectivity index is 3.01. The summed E-state index contributed by atoms with van der Waals surface area (Å²) in [5.74, 6) is 1.69. The molecule has 0 fully saturated rings. The van der Waals surface area contributed by atoms with Gasteiger partial charge in [-0.2, -0.15) is 0 Å². The zero-order valence-electron chi connectivity index (χ0n) is 12.5. The largest absolute Gasteiger partial charge is 0.496 e. The van der Waals surface area contributed by atoms with Crippen LogP contribution in [0.5, 0.6) is 11.5 Å². The van der Waals surface area contributed by atoms with Crippen LogP contribution in [-0.2, 0) is 4.74 Å². The molecule has 0 radical (unpaired) electrons. The van der Waals surface area contributed by atoms with Crippen LogP contribution < -0.4 is 14.8 Å². The standard InChI is InChI=1S/C15H25NO3/c1-6-16-12(3)15-13(18-5)8-7-9-14(15)19-11(2)10-17-4/h7-9,11-12,16H,6,10H2,1-5H3. The van der Waals surface area contributed by atoms with Gasteiger partial charge < -0.3 is 19.5 Å². The Morgan fingerprint density at radius 2 is 1.84 bits per heavy atom. The van der Waals surface area contributed by atoms with Crippen molar-refractivity contribution in [1.82, 2.24) is 5.32 Å². The molecule has 0 aliphatic carbocycles. The summed E-state index contributed by atoms with van der Waals surface area (Å²) in [4.78, 5) is 0. The first kappa shape index (κ1) is 15.8. The van der Waals surface area contributed by atoms with Gasteiger partial charge in [0.2, 0.25) is 0 Å². The van der Waals surface area contributed by atoms with Gasteiger partial charge in [-0.25, -0.2) is 0 Å². The molecule has 1 aromatic carbocycles. The molecule has 1 aromatic rings. The summed E-state index contributed by atoms with van der Waals surface area (Å²) < 4.78 is 16.5. The van der Waals surface area contributed by atoms with Crippen LogP contribution in [0.15, 0.2) is 18.2 Å². The fourth-order valence-electron chi connectivity index (χ4n) is 2.13. The van der Waals surface area contributed by atoms with E-state index in [9.17, 15) is 0 Å². The average molecular weight is 267 g/mol. The predicted molar refractivity (Wildman–Crippen MR) is 77.1 cm³/mol. The third-order valence-electron chi connectivity index (χ3n) is 2.92. The third kappa shape index (κ3) is 4.40. The Bertz CT molecular complexity index is 382. The van der Waals surface area contributed by atoms with Crippen molar-refractivity contribution in [1.29, 1.82) is 0 Å². The quantitative estimate of drug-likeness (QED) is 0.786. The van der Waals surface area contributed by atoms with Gasteiger partial charge in [0.15, 0.2) is 0 Å². The highest BCUT2D eigenvalue weighted by Crippen LogP contribution is 2.34. The summed E-state index contributed by atoms with van der Waals surface area (Å²) in [6.45, 7) is 7.64. The van der Waals surface area contributed by atoms with Crippen LogP contribution in [0.2, 0.25) is 0 Å². The fourth-order valence-corrected chi connectivity index (χ4v) is 2.13. The minimum absolute atomic E-state index is 0.00434. The maximum atomic E-state index is 5.95. The monoisotopic (exact) mass is 267 g/mol. The lowest BCUT2D eigenvalue weighted by Gasteiger charge is -2.22. The van der Waals surface area contributed by atoms with Gasteiger partial charge in [0.25, 0.3) is 0 Å². The number of rotatable bonds is 8. The molecule has 0 aliphatic rings. The highest BCUT2D eigenvalue weighted by molar-refractivity contribution is 5.46. The van der Waals surface area contributed by atoms with Gasteiger partial charge in [-0.1, -0.05) is 13.0 Å². The van der Waals surface area contributed by atoms with E-state index in [2.05, 4.69) is 19.2 Å². The molecule has 2 atom stereocenters. The van der Waals surface area contributed by atoms with Gasteiger partial charge in [0, 0.05) is 13.2 Å².